The van der Waals surface area contributed by atoms with Crippen LogP contribution in [0.15, 0.2) is 24.3 Å². The third kappa shape index (κ3) is 3.14. The summed E-state index contributed by atoms with van der Waals surface area (Å²) in [4.78, 5) is 16.3. The topological polar surface area (TPSA) is 23.6 Å². The van der Waals surface area contributed by atoms with E-state index in [1.165, 1.54) is 0 Å². The highest BCUT2D eigenvalue weighted by Gasteiger charge is 2.15. The van der Waals surface area contributed by atoms with Gasteiger partial charge < -0.3 is 4.90 Å². The first-order chi connectivity index (χ1) is 8.16. The van der Waals surface area contributed by atoms with E-state index >= 15 is 0 Å². The number of benzene rings is 1. The molecule has 1 aromatic carbocycles. The third-order valence-corrected chi connectivity index (χ3v) is 3.39. The van der Waals surface area contributed by atoms with E-state index < -0.39 is 0 Å². The number of rotatable bonds is 3. The maximum atomic E-state index is 11.5. The summed E-state index contributed by atoms with van der Waals surface area (Å²) in [5, 5.41) is 0. The van der Waals surface area contributed by atoms with Crippen LogP contribution in [0.5, 0.6) is 0 Å². The highest BCUT2D eigenvalue weighted by molar-refractivity contribution is 5.95. The van der Waals surface area contributed by atoms with Crippen molar-refractivity contribution < 1.29 is 4.79 Å². The van der Waals surface area contributed by atoms with Gasteiger partial charge >= 0.3 is 0 Å². The van der Waals surface area contributed by atoms with Crippen molar-refractivity contribution in [1.82, 2.24) is 9.80 Å². The molecule has 0 radical (unpaired) electrons. The number of likely N-dealkylation sites (N-methyl/N-ethyl adjacent to an activating group) is 1. The second-order valence-corrected chi connectivity index (χ2v) is 4.79. The largest absolute Gasteiger partial charge is 0.304 e. The molecule has 1 aliphatic heterocycles. The summed E-state index contributed by atoms with van der Waals surface area (Å²) in [5.74, 6) is 0.162. The zero-order chi connectivity index (χ0) is 12.3. The van der Waals surface area contributed by atoms with Crippen molar-refractivity contribution in [2.24, 2.45) is 0 Å². The Kier molecular flexibility index (Phi) is 3.92. The Balaban J connectivity index is 2.05. The minimum Gasteiger partial charge on any atom is -0.304 e. The quantitative estimate of drug-likeness (QED) is 0.740. The van der Waals surface area contributed by atoms with Crippen LogP contribution in [-0.2, 0) is 6.54 Å². The van der Waals surface area contributed by atoms with Gasteiger partial charge in [0.2, 0.25) is 0 Å². The average Bonchev–Trinajstić information content (AvgIpc) is 2.32. The van der Waals surface area contributed by atoms with Crippen molar-refractivity contribution in [2.45, 2.75) is 13.5 Å². The van der Waals surface area contributed by atoms with Crippen LogP contribution in [-0.4, -0.2) is 48.8 Å². The second-order valence-electron chi connectivity index (χ2n) is 4.79. The molecule has 0 aromatic heterocycles. The maximum Gasteiger partial charge on any atom is 0.160 e. The summed E-state index contributed by atoms with van der Waals surface area (Å²) in [6.45, 7) is 6.93. The smallest absolute Gasteiger partial charge is 0.160 e. The van der Waals surface area contributed by atoms with Gasteiger partial charge in [0.1, 0.15) is 0 Å². The predicted molar refractivity (Wildman–Crippen MR) is 69.2 cm³/mol. The number of carbonyl (C=O) groups excluding carboxylic acids is 1. The molecule has 0 unspecified atom stereocenters. The van der Waals surface area contributed by atoms with Gasteiger partial charge in [-0.05, 0) is 19.5 Å². The molecule has 17 heavy (non-hydrogen) atoms. The molecule has 0 amide bonds. The standard InChI is InChI=1S/C14H20N2O/c1-12(17)14-6-4-3-5-13(14)11-16-9-7-15(2)8-10-16/h3-6H,7-11H2,1-2H3. The minimum atomic E-state index is 0.162. The van der Waals surface area contributed by atoms with Gasteiger partial charge in [-0.3, -0.25) is 9.69 Å². The molecule has 1 heterocycles. The SMILES string of the molecule is CC(=O)c1ccccc1CN1CCN(C)CC1. The van der Waals surface area contributed by atoms with Crippen LogP contribution < -0.4 is 0 Å². The summed E-state index contributed by atoms with van der Waals surface area (Å²) < 4.78 is 0. The van der Waals surface area contributed by atoms with Gasteiger partial charge in [-0.2, -0.15) is 0 Å². The molecule has 0 spiro atoms. The third-order valence-electron chi connectivity index (χ3n) is 3.39. The lowest BCUT2D eigenvalue weighted by molar-refractivity contribution is 0.101. The molecular formula is C14H20N2O. The first-order valence-electron chi connectivity index (χ1n) is 6.16. The van der Waals surface area contributed by atoms with Crippen LogP contribution in [0.2, 0.25) is 0 Å². The van der Waals surface area contributed by atoms with Crippen molar-refractivity contribution in [2.75, 3.05) is 33.2 Å². The molecular weight excluding hydrogens is 212 g/mol. The Hall–Kier alpha value is -1.19. The lowest BCUT2D eigenvalue weighted by Crippen LogP contribution is -2.44. The molecule has 92 valence electrons. The van der Waals surface area contributed by atoms with Gasteiger partial charge in [-0.15, -0.1) is 0 Å². The average molecular weight is 232 g/mol. The van der Waals surface area contributed by atoms with E-state index in [1.807, 2.05) is 18.2 Å². The monoisotopic (exact) mass is 232 g/mol. The highest BCUT2D eigenvalue weighted by Crippen LogP contribution is 2.13. The van der Waals surface area contributed by atoms with Gasteiger partial charge in [-0.25, -0.2) is 0 Å². The Labute approximate surface area is 103 Å². The molecule has 1 aromatic rings. The number of ketones is 1. The fraction of sp³-hybridized carbons (Fsp3) is 0.500. The van der Waals surface area contributed by atoms with Gasteiger partial charge in [0.05, 0.1) is 0 Å². The van der Waals surface area contributed by atoms with Gasteiger partial charge in [0, 0.05) is 38.3 Å². The number of hydrogen-bond acceptors (Lipinski definition) is 3. The van der Waals surface area contributed by atoms with Crippen LogP contribution in [0.1, 0.15) is 22.8 Å². The minimum absolute atomic E-state index is 0.162. The fourth-order valence-corrected chi connectivity index (χ4v) is 2.25. The number of piperazine rings is 1. The fourth-order valence-electron chi connectivity index (χ4n) is 2.25. The van der Waals surface area contributed by atoms with E-state index in [-0.39, 0.29) is 5.78 Å². The van der Waals surface area contributed by atoms with Crippen molar-refractivity contribution in [3.63, 3.8) is 0 Å². The molecule has 1 saturated heterocycles. The zero-order valence-corrected chi connectivity index (χ0v) is 10.6. The van der Waals surface area contributed by atoms with Crippen molar-refractivity contribution in [3.05, 3.63) is 35.4 Å². The first-order valence-corrected chi connectivity index (χ1v) is 6.16. The van der Waals surface area contributed by atoms with Crippen molar-refractivity contribution in [1.29, 1.82) is 0 Å². The zero-order valence-electron chi connectivity index (χ0n) is 10.6. The highest BCUT2D eigenvalue weighted by atomic mass is 16.1. The molecule has 0 saturated carbocycles. The lowest BCUT2D eigenvalue weighted by atomic mass is 10.0. The number of carbonyl (C=O) groups is 1. The Morgan fingerprint density at radius 3 is 2.47 bits per heavy atom. The summed E-state index contributed by atoms with van der Waals surface area (Å²) in [6, 6.07) is 7.94. The predicted octanol–water partition coefficient (Wildman–Crippen LogP) is 1.64. The molecule has 2 rings (SSSR count). The summed E-state index contributed by atoms with van der Waals surface area (Å²) >= 11 is 0. The second kappa shape index (κ2) is 5.43. The van der Waals surface area contributed by atoms with Crippen LogP contribution in [0.4, 0.5) is 0 Å². The van der Waals surface area contributed by atoms with Gasteiger partial charge in [0.15, 0.2) is 5.78 Å². The molecule has 0 aliphatic carbocycles. The van der Waals surface area contributed by atoms with Crippen molar-refractivity contribution in [3.8, 4) is 0 Å². The van der Waals surface area contributed by atoms with Crippen LogP contribution in [0, 0.1) is 0 Å². The molecule has 0 N–H and O–H groups in total. The summed E-state index contributed by atoms with van der Waals surface area (Å²) in [5.41, 5.74) is 2.02. The lowest BCUT2D eigenvalue weighted by Gasteiger charge is -2.32. The van der Waals surface area contributed by atoms with E-state index in [1.54, 1.807) is 6.92 Å². The molecule has 0 bridgehead atoms. The first kappa shape index (κ1) is 12.3. The number of hydrogen-bond donors (Lipinski definition) is 0. The molecule has 3 heteroatoms. The van der Waals surface area contributed by atoms with E-state index in [0.29, 0.717) is 0 Å². The molecule has 0 atom stereocenters. The normalized spacial score (nSPS) is 18.2. The molecule has 3 nitrogen and oxygen atoms in total. The summed E-state index contributed by atoms with van der Waals surface area (Å²) in [6.07, 6.45) is 0. The van der Waals surface area contributed by atoms with E-state index in [4.69, 9.17) is 0 Å². The molecule has 1 aliphatic rings. The number of Topliss-reactive ketones (excluding diaryl/α,β-unsaturated/α-hetero) is 1. The Bertz CT molecular complexity index is 395. The molecule has 1 fully saturated rings. The van der Waals surface area contributed by atoms with E-state index in [9.17, 15) is 4.79 Å². The van der Waals surface area contributed by atoms with Crippen molar-refractivity contribution >= 4 is 5.78 Å². The number of nitrogens with zero attached hydrogens (tertiary/aromatic N) is 2. The van der Waals surface area contributed by atoms with Gasteiger partial charge in [-0.1, -0.05) is 24.3 Å². The van der Waals surface area contributed by atoms with E-state index in [2.05, 4.69) is 22.9 Å². The van der Waals surface area contributed by atoms with Crippen LogP contribution in [0.25, 0.3) is 0 Å². The van der Waals surface area contributed by atoms with Crippen LogP contribution >= 0.6 is 0 Å². The Morgan fingerprint density at radius 1 is 1.18 bits per heavy atom. The van der Waals surface area contributed by atoms with Gasteiger partial charge in [0.25, 0.3) is 0 Å². The summed E-state index contributed by atoms with van der Waals surface area (Å²) in [7, 11) is 2.15. The van der Waals surface area contributed by atoms with Crippen LogP contribution in [0.3, 0.4) is 0 Å². The maximum absolute atomic E-state index is 11.5. The Morgan fingerprint density at radius 2 is 1.82 bits per heavy atom. The van der Waals surface area contributed by atoms with E-state index in [0.717, 1.165) is 43.9 Å².